The van der Waals surface area contributed by atoms with Crippen LogP contribution in [0.2, 0.25) is 0 Å². The summed E-state index contributed by atoms with van der Waals surface area (Å²) in [6.45, 7) is 2.51. The highest BCUT2D eigenvalue weighted by molar-refractivity contribution is 5.79. The maximum absolute atomic E-state index is 13.7. The van der Waals surface area contributed by atoms with E-state index in [2.05, 4.69) is 35.5 Å². The number of nitrogens with zero attached hydrogens (tertiary/aromatic N) is 5. The summed E-state index contributed by atoms with van der Waals surface area (Å²) < 4.78 is 25.5. The molecule has 1 saturated heterocycles. The van der Waals surface area contributed by atoms with Gasteiger partial charge in [-0.3, -0.25) is 9.78 Å². The summed E-state index contributed by atoms with van der Waals surface area (Å²) in [7, 11) is 4.01. The van der Waals surface area contributed by atoms with Gasteiger partial charge in [-0.2, -0.15) is 0 Å². The van der Waals surface area contributed by atoms with Crippen molar-refractivity contribution in [1.82, 2.24) is 35.1 Å². The lowest BCUT2D eigenvalue weighted by atomic mass is 10.1. The van der Waals surface area contributed by atoms with Crippen molar-refractivity contribution in [3.63, 3.8) is 0 Å². The Morgan fingerprint density at radius 2 is 1.86 bits per heavy atom. The minimum Gasteiger partial charge on any atom is -0.356 e. The van der Waals surface area contributed by atoms with Crippen molar-refractivity contribution in [2.45, 2.75) is 25.7 Å². The summed E-state index contributed by atoms with van der Waals surface area (Å²) in [5.74, 6) is 0.286. The lowest BCUT2D eigenvalue weighted by Gasteiger charge is -2.28. The molecule has 0 atom stereocenters. The van der Waals surface area contributed by atoms with Crippen LogP contribution in [0.4, 0.5) is 10.3 Å². The number of anilines is 1. The number of imidazole rings is 1. The zero-order chi connectivity index (χ0) is 29.3. The van der Waals surface area contributed by atoms with Gasteiger partial charge in [-0.25, -0.2) is 19.3 Å². The third kappa shape index (κ3) is 7.93. The van der Waals surface area contributed by atoms with Gasteiger partial charge in [0.2, 0.25) is 11.9 Å². The van der Waals surface area contributed by atoms with Crippen molar-refractivity contribution in [2.75, 3.05) is 45.7 Å². The summed E-state index contributed by atoms with van der Waals surface area (Å²) in [6, 6.07) is 13.6. The second-order valence-corrected chi connectivity index (χ2v) is 10.3. The summed E-state index contributed by atoms with van der Waals surface area (Å²) in [6.07, 6.45) is 4.04. The highest BCUT2D eigenvalue weighted by Gasteiger charge is 2.29. The Morgan fingerprint density at radius 3 is 2.60 bits per heavy atom. The molecule has 4 aromatic rings. The van der Waals surface area contributed by atoms with E-state index in [1.54, 1.807) is 30.6 Å². The van der Waals surface area contributed by atoms with Crippen molar-refractivity contribution in [1.29, 1.82) is 0 Å². The minimum absolute atomic E-state index is 0.0673. The quantitative estimate of drug-likeness (QED) is 0.218. The van der Waals surface area contributed by atoms with E-state index in [1.165, 1.54) is 12.1 Å². The molecule has 4 heterocycles. The second-order valence-electron chi connectivity index (χ2n) is 10.3. The Bertz CT molecular complexity index is 1440. The summed E-state index contributed by atoms with van der Waals surface area (Å²) in [5, 5.41) is 6.16. The highest BCUT2D eigenvalue weighted by Crippen LogP contribution is 2.30. The van der Waals surface area contributed by atoms with Gasteiger partial charge in [0, 0.05) is 24.5 Å². The molecular formula is C30H35FN8O3. The normalized spacial score (nSPS) is 16.9. The molecule has 1 aromatic carbocycles. The molecule has 1 aliphatic rings. The van der Waals surface area contributed by atoms with E-state index in [-0.39, 0.29) is 30.9 Å². The number of aromatic amines is 1. The number of carbonyl (C=O) groups excluding carboxylic acids is 1. The maximum atomic E-state index is 13.7. The van der Waals surface area contributed by atoms with Crippen LogP contribution in [0.3, 0.4) is 0 Å². The Hall–Kier alpha value is -4.26. The van der Waals surface area contributed by atoms with E-state index in [4.69, 9.17) is 14.5 Å². The molecule has 5 rings (SSSR count). The molecule has 0 unspecified atom stereocenters. The van der Waals surface area contributed by atoms with Gasteiger partial charge in [-0.15, -0.1) is 0 Å². The number of carbonyl (C=O) groups is 1. The molecule has 0 spiro atoms. The Kier molecular flexibility index (Phi) is 9.80. The number of benzene rings is 1. The fraction of sp³-hybridized carbons (Fsp3) is 0.367. The molecule has 1 fully saturated rings. The van der Waals surface area contributed by atoms with Crippen LogP contribution in [0.15, 0.2) is 60.9 Å². The van der Waals surface area contributed by atoms with Gasteiger partial charge in [0.25, 0.3) is 0 Å². The number of hydrogen-bond acceptors (Lipinski definition) is 9. The molecule has 3 aromatic heterocycles. The van der Waals surface area contributed by atoms with Crippen LogP contribution in [0.25, 0.3) is 22.6 Å². The number of H-pyrrole nitrogens is 1. The molecule has 42 heavy (non-hydrogen) atoms. The molecular weight excluding hydrogens is 539 g/mol. The molecule has 3 N–H and O–H groups in total. The predicted octanol–water partition coefficient (Wildman–Crippen LogP) is 3.28. The minimum atomic E-state index is -0.566. The van der Waals surface area contributed by atoms with E-state index in [1.807, 2.05) is 32.3 Å². The first-order valence-electron chi connectivity index (χ1n) is 13.9. The van der Waals surface area contributed by atoms with Gasteiger partial charge in [0.05, 0.1) is 54.9 Å². The fourth-order valence-electron chi connectivity index (χ4n) is 4.50. The highest BCUT2D eigenvalue weighted by atomic mass is 19.1. The predicted molar refractivity (Wildman–Crippen MR) is 156 cm³/mol. The molecule has 1 aliphatic heterocycles. The molecule has 0 radical (unpaired) electrons. The smallest absolute Gasteiger partial charge is 0.227 e. The lowest BCUT2D eigenvalue weighted by Crippen LogP contribution is -2.43. The van der Waals surface area contributed by atoms with Crippen molar-refractivity contribution < 1.29 is 18.7 Å². The first-order chi connectivity index (χ1) is 20.4. The Morgan fingerprint density at radius 1 is 1.05 bits per heavy atom. The van der Waals surface area contributed by atoms with Crippen molar-refractivity contribution in [2.24, 2.45) is 5.92 Å². The zero-order valence-electron chi connectivity index (χ0n) is 23.7. The zero-order valence-corrected chi connectivity index (χ0v) is 23.7. The first kappa shape index (κ1) is 29.2. The van der Waals surface area contributed by atoms with Gasteiger partial charge >= 0.3 is 0 Å². The molecule has 12 heteroatoms. The monoisotopic (exact) mass is 574 g/mol. The average Bonchev–Trinajstić information content (AvgIpc) is 3.43. The van der Waals surface area contributed by atoms with E-state index in [0.29, 0.717) is 48.4 Å². The molecule has 11 nitrogen and oxygen atoms in total. The molecule has 0 aliphatic carbocycles. The summed E-state index contributed by atoms with van der Waals surface area (Å²) in [5.41, 5.74) is 3.48. The van der Waals surface area contributed by atoms with Gasteiger partial charge in [0.15, 0.2) is 6.29 Å². The van der Waals surface area contributed by atoms with Crippen LogP contribution in [0.5, 0.6) is 0 Å². The largest absolute Gasteiger partial charge is 0.356 e. The van der Waals surface area contributed by atoms with Crippen molar-refractivity contribution in [3.8, 4) is 22.6 Å². The molecule has 0 saturated carbocycles. The number of ether oxygens (including phenoxy) is 2. The third-order valence-electron chi connectivity index (χ3n) is 6.71. The number of rotatable bonds is 12. The van der Waals surface area contributed by atoms with Crippen LogP contribution in [-0.4, -0.2) is 82.4 Å². The number of hydrogen-bond donors (Lipinski definition) is 3. The molecule has 1 amide bonds. The van der Waals surface area contributed by atoms with Crippen molar-refractivity contribution >= 4 is 11.9 Å². The summed E-state index contributed by atoms with van der Waals surface area (Å²) >= 11 is 0. The van der Waals surface area contributed by atoms with E-state index in [0.717, 1.165) is 24.2 Å². The average molecular weight is 575 g/mol. The number of nitrogens with one attached hydrogen (secondary N) is 3. The maximum Gasteiger partial charge on any atom is 0.227 e. The van der Waals surface area contributed by atoms with Gasteiger partial charge < -0.3 is 30.0 Å². The third-order valence-corrected chi connectivity index (χ3v) is 6.71. The van der Waals surface area contributed by atoms with Gasteiger partial charge in [-0.05, 0) is 69.5 Å². The van der Waals surface area contributed by atoms with Crippen molar-refractivity contribution in [3.05, 3.63) is 78.3 Å². The second kappa shape index (κ2) is 14.1. The fourth-order valence-corrected chi connectivity index (χ4v) is 4.50. The topological polar surface area (TPSA) is 130 Å². The van der Waals surface area contributed by atoms with E-state index in [9.17, 15) is 9.18 Å². The lowest BCUT2D eigenvalue weighted by molar-refractivity contribution is -0.200. The van der Waals surface area contributed by atoms with Crippen LogP contribution >= 0.6 is 0 Å². The van der Waals surface area contributed by atoms with Gasteiger partial charge in [0.1, 0.15) is 11.6 Å². The SMILES string of the molecule is CN(C)CCCNC(=O)C1COC(Cc2nc(-c3ccc(F)cc3)c(-c3ccnc(NCc4ccccn4)n3)[nH]2)OC1. The molecule has 0 bridgehead atoms. The van der Waals surface area contributed by atoms with E-state index < -0.39 is 6.29 Å². The van der Waals surface area contributed by atoms with E-state index >= 15 is 0 Å². The van der Waals surface area contributed by atoms with Crippen LogP contribution in [0.1, 0.15) is 17.9 Å². The summed E-state index contributed by atoms with van der Waals surface area (Å²) in [4.78, 5) is 36.1. The Balaban J connectivity index is 1.27. The van der Waals surface area contributed by atoms with Crippen LogP contribution < -0.4 is 10.6 Å². The number of amides is 1. The number of pyridine rings is 1. The number of aromatic nitrogens is 5. The Labute approximate surface area is 243 Å². The first-order valence-corrected chi connectivity index (χ1v) is 13.9. The molecule has 220 valence electrons. The van der Waals surface area contributed by atoms with Gasteiger partial charge in [-0.1, -0.05) is 6.07 Å². The van der Waals surface area contributed by atoms with Crippen LogP contribution in [-0.2, 0) is 27.2 Å². The standard InChI is InChI=1S/C30H35FN8O3/c1-39(2)15-5-13-33-29(40)21-18-41-26(42-19-21)16-25-37-27(20-7-9-22(31)10-8-20)28(38-25)24-11-14-34-30(36-24)35-17-23-6-3-4-12-32-23/h3-4,6-12,14,21,26H,5,13,15-19H2,1-2H3,(H,33,40)(H,37,38)(H,34,35,36). The number of halogens is 1. The van der Waals surface area contributed by atoms with Crippen LogP contribution in [0, 0.1) is 11.7 Å².